The fourth-order valence-corrected chi connectivity index (χ4v) is 1.16. The second kappa shape index (κ2) is 2.70. The molecule has 0 aromatic carbocycles. The maximum Gasteiger partial charge on any atom is 0.186 e. The highest BCUT2D eigenvalue weighted by Gasteiger charge is 2.12. The number of hydrogen-bond donors (Lipinski definition) is 0. The summed E-state index contributed by atoms with van der Waals surface area (Å²) in [5, 5.41) is 0. The Kier molecular flexibility index (Phi) is 1.91. The van der Waals surface area contributed by atoms with Crippen molar-refractivity contribution in [1.29, 1.82) is 0 Å². The van der Waals surface area contributed by atoms with Crippen molar-refractivity contribution in [1.82, 2.24) is 0 Å². The van der Waals surface area contributed by atoms with Gasteiger partial charge in [-0.3, -0.25) is 0 Å². The lowest BCUT2D eigenvalue weighted by Crippen LogP contribution is -1.91. The Morgan fingerprint density at radius 2 is 2.20 bits per heavy atom. The summed E-state index contributed by atoms with van der Waals surface area (Å²) < 4.78 is 0. The largest absolute Gasteiger partial charge is 0.238 e. The highest BCUT2D eigenvalue weighted by atomic mass is 14.7. The molecule has 0 fully saturated rings. The predicted molar refractivity (Wildman–Crippen MR) is 42.2 cm³/mol. The summed E-state index contributed by atoms with van der Waals surface area (Å²) in [6.45, 7) is 11.1. The van der Waals surface area contributed by atoms with Gasteiger partial charge in [-0.2, -0.15) is 0 Å². The quantitative estimate of drug-likeness (QED) is 0.484. The number of hydrogen-bond acceptors (Lipinski definition) is 0. The van der Waals surface area contributed by atoms with Gasteiger partial charge in [0.1, 0.15) is 0 Å². The van der Waals surface area contributed by atoms with E-state index in [2.05, 4.69) is 24.8 Å². The Hall–Kier alpha value is -1.03. The molecule has 0 aliphatic heterocycles. The van der Waals surface area contributed by atoms with E-state index >= 15 is 0 Å². The van der Waals surface area contributed by atoms with Crippen molar-refractivity contribution >= 4 is 0 Å². The second-order valence-corrected chi connectivity index (χ2v) is 2.75. The van der Waals surface area contributed by atoms with Gasteiger partial charge < -0.3 is 0 Å². The topological polar surface area (TPSA) is 4.36 Å². The van der Waals surface area contributed by atoms with Crippen molar-refractivity contribution in [3.63, 3.8) is 0 Å². The molecule has 1 aliphatic rings. The lowest BCUT2D eigenvalue weighted by Gasteiger charge is -2.04. The van der Waals surface area contributed by atoms with E-state index in [1.165, 1.54) is 5.57 Å². The third-order valence-corrected chi connectivity index (χ3v) is 1.69. The molecular weight excluding hydrogens is 122 g/mol. The molecule has 0 saturated carbocycles. The first-order valence-electron chi connectivity index (χ1n) is 3.53. The molecule has 1 nitrogen and oxygen atoms in total. The zero-order valence-electron chi connectivity index (χ0n) is 6.39. The average Bonchev–Trinajstić information content (AvgIpc) is 2.33. The zero-order chi connectivity index (χ0) is 7.56. The monoisotopic (exact) mass is 133 g/mol. The first kappa shape index (κ1) is 7.08. The van der Waals surface area contributed by atoms with Gasteiger partial charge in [-0.25, -0.2) is 4.85 Å². The number of nitrogens with zero attached hydrogens (tertiary/aromatic N) is 1. The van der Waals surface area contributed by atoms with Crippen molar-refractivity contribution in [3.8, 4) is 0 Å². The summed E-state index contributed by atoms with van der Waals surface area (Å²) in [4.78, 5) is 3.43. The van der Waals surface area contributed by atoms with Gasteiger partial charge in [0, 0.05) is 0 Å². The van der Waals surface area contributed by atoms with Crippen molar-refractivity contribution in [2.75, 3.05) is 0 Å². The summed E-state index contributed by atoms with van der Waals surface area (Å²) in [6.07, 6.45) is 5.08. The average molecular weight is 133 g/mol. The molecule has 0 saturated heterocycles. The third kappa shape index (κ3) is 1.11. The van der Waals surface area contributed by atoms with Gasteiger partial charge in [-0.15, -0.1) is 0 Å². The van der Waals surface area contributed by atoms with Crippen LogP contribution in [-0.2, 0) is 0 Å². The Bertz CT molecular complexity index is 226. The van der Waals surface area contributed by atoms with E-state index < -0.39 is 0 Å². The molecular formula is C9H11N. The molecule has 10 heavy (non-hydrogen) atoms. The maximum absolute atomic E-state index is 6.84. The first-order valence-corrected chi connectivity index (χ1v) is 3.53. The van der Waals surface area contributed by atoms with Gasteiger partial charge in [-0.1, -0.05) is 26.0 Å². The van der Waals surface area contributed by atoms with Crippen molar-refractivity contribution in [2.45, 2.75) is 20.3 Å². The van der Waals surface area contributed by atoms with Gasteiger partial charge >= 0.3 is 0 Å². The van der Waals surface area contributed by atoms with Crippen LogP contribution in [0.25, 0.3) is 4.85 Å². The Morgan fingerprint density at radius 3 is 2.60 bits per heavy atom. The van der Waals surface area contributed by atoms with Crippen LogP contribution < -0.4 is 0 Å². The molecule has 52 valence electrons. The minimum absolute atomic E-state index is 0.503. The Balaban J connectivity index is 2.82. The Morgan fingerprint density at radius 1 is 1.50 bits per heavy atom. The standard InChI is InChI=1S/C9H11N/c1-7(2)8-5-4-6-9(8)10-3/h5-7H,4H2,1-2H3. The van der Waals surface area contributed by atoms with Gasteiger partial charge in [-0.05, 0) is 17.9 Å². The summed E-state index contributed by atoms with van der Waals surface area (Å²) in [5.74, 6) is 0.503. The van der Waals surface area contributed by atoms with Crippen molar-refractivity contribution in [2.24, 2.45) is 5.92 Å². The number of allylic oxidation sites excluding steroid dienone is 3. The second-order valence-electron chi connectivity index (χ2n) is 2.75. The molecule has 1 rings (SSSR count). The van der Waals surface area contributed by atoms with Gasteiger partial charge in [0.15, 0.2) is 5.70 Å². The molecule has 0 amide bonds. The summed E-state index contributed by atoms with van der Waals surface area (Å²) in [5.41, 5.74) is 2.07. The minimum atomic E-state index is 0.503. The number of rotatable bonds is 1. The normalized spacial score (nSPS) is 16.6. The van der Waals surface area contributed by atoms with Crippen LogP contribution in [0.1, 0.15) is 20.3 Å². The molecule has 0 radical (unpaired) electrons. The molecule has 0 heterocycles. The molecule has 1 heteroatoms. The van der Waals surface area contributed by atoms with Gasteiger partial charge in [0.05, 0.1) is 6.57 Å². The van der Waals surface area contributed by atoms with E-state index in [4.69, 9.17) is 6.57 Å². The lowest BCUT2D eigenvalue weighted by atomic mass is 10.0. The van der Waals surface area contributed by atoms with Crippen LogP contribution >= 0.6 is 0 Å². The van der Waals surface area contributed by atoms with Crippen LogP contribution in [0.4, 0.5) is 0 Å². The van der Waals surface area contributed by atoms with E-state index in [0.717, 1.165) is 12.1 Å². The lowest BCUT2D eigenvalue weighted by molar-refractivity contribution is 0.785. The molecule has 1 aliphatic carbocycles. The van der Waals surface area contributed by atoms with E-state index in [-0.39, 0.29) is 0 Å². The highest BCUT2D eigenvalue weighted by molar-refractivity contribution is 5.41. The van der Waals surface area contributed by atoms with E-state index in [0.29, 0.717) is 5.92 Å². The van der Waals surface area contributed by atoms with E-state index in [9.17, 15) is 0 Å². The molecule has 0 aromatic heterocycles. The van der Waals surface area contributed by atoms with Crippen molar-refractivity contribution < 1.29 is 0 Å². The minimum Gasteiger partial charge on any atom is -0.238 e. The summed E-state index contributed by atoms with van der Waals surface area (Å²) in [7, 11) is 0. The van der Waals surface area contributed by atoms with Crippen LogP contribution in [0, 0.1) is 12.5 Å². The Labute approximate surface area is 61.9 Å². The van der Waals surface area contributed by atoms with Crippen LogP contribution in [0.2, 0.25) is 0 Å². The third-order valence-electron chi connectivity index (χ3n) is 1.69. The summed E-state index contributed by atoms with van der Waals surface area (Å²) in [6, 6.07) is 0. The summed E-state index contributed by atoms with van der Waals surface area (Å²) >= 11 is 0. The molecule has 0 atom stereocenters. The fourth-order valence-electron chi connectivity index (χ4n) is 1.16. The molecule has 0 N–H and O–H groups in total. The van der Waals surface area contributed by atoms with E-state index in [1.54, 1.807) is 0 Å². The molecule has 0 aromatic rings. The molecule has 0 spiro atoms. The van der Waals surface area contributed by atoms with Crippen LogP contribution in [0.5, 0.6) is 0 Å². The van der Waals surface area contributed by atoms with Crippen molar-refractivity contribution in [3.05, 3.63) is 34.8 Å². The van der Waals surface area contributed by atoms with Crippen LogP contribution in [-0.4, -0.2) is 0 Å². The predicted octanol–water partition coefficient (Wildman–Crippen LogP) is 2.78. The maximum atomic E-state index is 6.84. The SMILES string of the molecule is [C-]#[N+]C1=CCC=C1C(C)C. The van der Waals surface area contributed by atoms with Gasteiger partial charge in [0.2, 0.25) is 0 Å². The molecule has 0 bridgehead atoms. The van der Waals surface area contributed by atoms with Crippen LogP contribution in [0.15, 0.2) is 23.4 Å². The van der Waals surface area contributed by atoms with E-state index in [1.807, 2.05) is 6.08 Å². The first-order chi connectivity index (χ1) is 4.75. The fraction of sp³-hybridized carbons (Fsp3) is 0.444. The zero-order valence-corrected chi connectivity index (χ0v) is 6.39. The smallest absolute Gasteiger partial charge is 0.186 e. The van der Waals surface area contributed by atoms with Crippen LogP contribution in [0.3, 0.4) is 0 Å². The van der Waals surface area contributed by atoms with Gasteiger partial charge in [0.25, 0.3) is 0 Å². The molecule has 0 unspecified atom stereocenters. The highest BCUT2D eigenvalue weighted by Crippen LogP contribution is 2.26.